The number of anilines is 1. The van der Waals surface area contributed by atoms with E-state index >= 15 is 0 Å². The molecule has 0 radical (unpaired) electrons. The van der Waals surface area contributed by atoms with Crippen molar-refractivity contribution in [2.75, 3.05) is 39.2 Å². The molecule has 0 saturated carbocycles. The van der Waals surface area contributed by atoms with Gasteiger partial charge in [-0.2, -0.15) is 0 Å². The van der Waals surface area contributed by atoms with Crippen molar-refractivity contribution in [1.82, 2.24) is 15.6 Å². The van der Waals surface area contributed by atoms with E-state index in [1.54, 1.807) is 26.4 Å². The van der Waals surface area contributed by atoms with Crippen LogP contribution in [-0.2, 0) is 16.1 Å². The molecule has 3 N–H and O–H groups in total. The van der Waals surface area contributed by atoms with Crippen LogP contribution in [0, 0.1) is 13.8 Å². The van der Waals surface area contributed by atoms with Gasteiger partial charge in [-0.25, -0.2) is 4.98 Å². The van der Waals surface area contributed by atoms with Gasteiger partial charge in [0.05, 0.1) is 6.61 Å². The summed E-state index contributed by atoms with van der Waals surface area (Å²) < 4.78 is 11.0. The Bertz CT molecular complexity index is 853. The van der Waals surface area contributed by atoms with Gasteiger partial charge in [-0.15, -0.1) is 0 Å². The van der Waals surface area contributed by atoms with Crippen molar-refractivity contribution in [2.45, 2.75) is 33.2 Å². The van der Waals surface area contributed by atoms with Gasteiger partial charge in [0, 0.05) is 58.5 Å². The van der Waals surface area contributed by atoms with Crippen LogP contribution >= 0.6 is 0 Å². The maximum Gasteiger partial charge on any atom is 0.227 e. The lowest BCUT2D eigenvalue weighted by Gasteiger charge is -2.15. The average molecular weight is 428 g/mol. The smallest absolute Gasteiger partial charge is 0.227 e. The standard InChI is InChI=1S/C23H33N5O3/c1-17-6-8-19(20(14-17)31-13-5-12-30-4)16-27-23(24-3)25-11-10-22(29)28-21-9-7-18(2)15-26-21/h6-9,14-15H,5,10-13,16H2,1-4H3,(H2,24,25,27)(H,26,28,29). The highest BCUT2D eigenvalue weighted by molar-refractivity contribution is 5.90. The quantitative estimate of drug-likeness (QED) is 0.290. The third kappa shape index (κ3) is 9.04. The third-order valence-electron chi connectivity index (χ3n) is 4.47. The molecule has 168 valence electrons. The van der Waals surface area contributed by atoms with Gasteiger partial charge in [0.25, 0.3) is 0 Å². The predicted octanol–water partition coefficient (Wildman–Crippen LogP) is 2.81. The zero-order chi connectivity index (χ0) is 22.5. The minimum Gasteiger partial charge on any atom is -0.493 e. The van der Waals surface area contributed by atoms with E-state index in [4.69, 9.17) is 9.47 Å². The van der Waals surface area contributed by atoms with E-state index in [9.17, 15) is 4.79 Å². The summed E-state index contributed by atoms with van der Waals surface area (Å²) in [6.45, 7) is 6.27. The molecule has 0 unspecified atom stereocenters. The van der Waals surface area contributed by atoms with Crippen molar-refractivity contribution >= 4 is 17.7 Å². The zero-order valence-corrected chi connectivity index (χ0v) is 18.8. The molecule has 31 heavy (non-hydrogen) atoms. The number of aryl methyl sites for hydroxylation is 2. The highest BCUT2D eigenvalue weighted by Gasteiger charge is 2.07. The molecule has 8 nitrogen and oxygen atoms in total. The second kappa shape index (κ2) is 13.2. The number of ether oxygens (including phenoxy) is 2. The maximum atomic E-state index is 12.1. The van der Waals surface area contributed by atoms with E-state index in [0.29, 0.717) is 44.5 Å². The van der Waals surface area contributed by atoms with Crippen LogP contribution in [0.2, 0.25) is 0 Å². The Morgan fingerprint density at radius 1 is 1.10 bits per heavy atom. The summed E-state index contributed by atoms with van der Waals surface area (Å²) in [6, 6.07) is 9.83. The van der Waals surface area contributed by atoms with Gasteiger partial charge >= 0.3 is 0 Å². The van der Waals surface area contributed by atoms with E-state index in [2.05, 4.69) is 32.0 Å². The largest absolute Gasteiger partial charge is 0.493 e. The molecule has 0 spiro atoms. The lowest BCUT2D eigenvalue weighted by molar-refractivity contribution is -0.116. The Morgan fingerprint density at radius 2 is 1.90 bits per heavy atom. The fourth-order valence-corrected chi connectivity index (χ4v) is 2.77. The third-order valence-corrected chi connectivity index (χ3v) is 4.47. The van der Waals surface area contributed by atoms with Crippen LogP contribution in [0.25, 0.3) is 0 Å². The lowest BCUT2D eigenvalue weighted by atomic mass is 10.1. The second-order valence-corrected chi connectivity index (χ2v) is 7.18. The van der Waals surface area contributed by atoms with Crippen LogP contribution in [0.15, 0.2) is 41.5 Å². The lowest BCUT2D eigenvalue weighted by Crippen LogP contribution is -2.38. The fourth-order valence-electron chi connectivity index (χ4n) is 2.77. The first-order chi connectivity index (χ1) is 15.0. The van der Waals surface area contributed by atoms with Crippen molar-refractivity contribution in [3.05, 3.63) is 53.2 Å². The molecule has 1 heterocycles. The van der Waals surface area contributed by atoms with Crippen LogP contribution < -0.4 is 20.7 Å². The van der Waals surface area contributed by atoms with E-state index < -0.39 is 0 Å². The second-order valence-electron chi connectivity index (χ2n) is 7.18. The van der Waals surface area contributed by atoms with Crippen LogP contribution in [0.1, 0.15) is 29.5 Å². The highest BCUT2D eigenvalue weighted by atomic mass is 16.5. The SMILES string of the molecule is CN=C(NCCC(=O)Nc1ccc(C)cn1)NCc1ccc(C)cc1OCCCOC. The molecule has 1 amide bonds. The first-order valence-corrected chi connectivity index (χ1v) is 10.4. The van der Waals surface area contributed by atoms with E-state index in [-0.39, 0.29) is 5.91 Å². The first-order valence-electron chi connectivity index (χ1n) is 10.4. The number of hydrogen-bond donors (Lipinski definition) is 3. The van der Waals surface area contributed by atoms with Crippen LogP contribution in [-0.4, -0.2) is 50.8 Å². The summed E-state index contributed by atoms with van der Waals surface area (Å²) >= 11 is 0. The van der Waals surface area contributed by atoms with E-state index in [1.807, 2.05) is 32.0 Å². The molecule has 0 aliphatic heterocycles. The molecule has 0 aliphatic rings. The van der Waals surface area contributed by atoms with Crippen LogP contribution in [0.5, 0.6) is 5.75 Å². The number of nitrogens with one attached hydrogen (secondary N) is 3. The molecule has 2 aromatic rings. The molecule has 0 fully saturated rings. The average Bonchev–Trinajstić information content (AvgIpc) is 2.76. The van der Waals surface area contributed by atoms with Crippen molar-refractivity contribution in [3.63, 3.8) is 0 Å². The number of carbonyl (C=O) groups is 1. The normalized spacial score (nSPS) is 11.2. The van der Waals surface area contributed by atoms with E-state index in [1.165, 1.54) is 0 Å². The van der Waals surface area contributed by atoms with Gasteiger partial charge in [0.15, 0.2) is 5.96 Å². The summed E-state index contributed by atoms with van der Waals surface area (Å²) in [7, 11) is 3.38. The number of hydrogen-bond acceptors (Lipinski definition) is 5. The molecule has 0 bridgehead atoms. The summed E-state index contributed by atoms with van der Waals surface area (Å²) in [5, 5.41) is 9.21. The monoisotopic (exact) mass is 427 g/mol. The minimum atomic E-state index is -0.107. The molecule has 2 rings (SSSR count). The number of guanidine groups is 1. The van der Waals surface area contributed by atoms with Gasteiger partial charge in [0.1, 0.15) is 11.6 Å². The summed E-state index contributed by atoms with van der Waals surface area (Å²) in [5.41, 5.74) is 3.22. The number of aromatic nitrogens is 1. The maximum absolute atomic E-state index is 12.1. The molecular formula is C23H33N5O3. The molecular weight excluding hydrogens is 394 g/mol. The first kappa shape index (κ1) is 24.1. The Labute approximate surface area is 184 Å². The number of aliphatic imine (C=N–C) groups is 1. The molecule has 0 atom stereocenters. The number of methoxy groups -OCH3 is 1. The van der Waals surface area contributed by atoms with Crippen molar-refractivity contribution in [3.8, 4) is 5.75 Å². The summed E-state index contributed by atoms with van der Waals surface area (Å²) in [5.74, 6) is 1.91. The summed E-state index contributed by atoms with van der Waals surface area (Å²) in [4.78, 5) is 20.5. The fraction of sp³-hybridized carbons (Fsp3) is 0.435. The Hall–Kier alpha value is -3.13. The Kier molecular flexibility index (Phi) is 10.3. The number of nitrogens with zero attached hydrogens (tertiary/aromatic N) is 2. The zero-order valence-electron chi connectivity index (χ0n) is 18.8. The topological polar surface area (TPSA) is 96.9 Å². The van der Waals surface area contributed by atoms with Crippen LogP contribution in [0.4, 0.5) is 5.82 Å². The molecule has 0 saturated heterocycles. The van der Waals surface area contributed by atoms with Gasteiger partial charge in [-0.3, -0.25) is 9.79 Å². The minimum absolute atomic E-state index is 0.107. The van der Waals surface area contributed by atoms with E-state index in [0.717, 1.165) is 28.9 Å². The predicted molar refractivity (Wildman–Crippen MR) is 124 cm³/mol. The van der Waals surface area contributed by atoms with Crippen molar-refractivity contribution in [1.29, 1.82) is 0 Å². The van der Waals surface area contributed by atoms with Crippen molar-refractivity contribution < 1.29 is 14.3 Å². The van der Waals surface area contributed by atoms with Crippen LogP contribution in [0.3, 0.4) is 0 Å². The Balaban J connectivity index is 1.78. The summed E-state index contributed by atoms with van der Waals surface area (Å²) in [6.07, 6.45) is 2.86. The Morgan fingerprint density at radius 3 is 2.61 bits per heavy atom. The molecule has 8 heteroatoms. The van der Waals surface area contributed by atoms with Gasteiger partial charge in [-0.05, 0) is 37.1 Å². The number of rotatable bonds is 11. The molecule has 1 aromatic heterocycles. The highest BCUT2D eigenvalue weighted by Crippen LogP contribution is 2.20. The number of carbonyl (C=O) groups excluding carboxylic acids is 1. The number of benzene rings is 1. The van der Waals surface area contributed by atoms with Gasteiger partial charge < -0.3 is 25.4 Å². The number of pyridine rings is 1. The molecule has 1 aromatic carbocycles. The molecule has 0 aliphatic carbocycles. The van der Waals surface area contributed by atoms with Crippen molar-refractivity contribution in [2.24, 2.45) is 4.99 Å². The number of amides is 1. The van der Waals surface area contributed by atoms with Gasteiger partial charge in [0.2, 0.25) is 5.91 Å². The van der Waals surface area contributed by atoms with Gasteiger partial charge in [-0.1, -0.05) is 18.2 Å².